The van der Waals surface area contributed by atoms with Crippen molar-refractivity contribution in [2.75, 3.05) is 5.75 Å². The van der Waals surface area contributed by atoms with Crippen LogP contribution in [0.5, 0.6) is 0 Å². The Labute approximate surface area is 87.3 Å². The number of carbonyl (C=O) groups is 1. The lowest BCUT2D eigenvalue weighted by Crippen LogP contribution is -1.95. The molecule has 14 heavy (non-hydrogen) atoms. The van der Waals surface area contributed by atoms with Crippen molar-refractivity contribution in [3.8, 4) is 11.8 Å². The van der Waals surface area contributed by atoms with Gasteiger partial charge in [-0.15, -0.1) is 17.7 Å². The van der Waals surface area contributed by atoms with Crippen molar-refractivity contribution >= 4 is 17.7 Å². The summed E-state index contributed by atoms with van der Waals surface area (Å²) in [6, 6.07) is 6.86. The zero-order chi connectivity index (χ0) is 10.4. The Balaban J connectivity index is 2.71. The summed E-state index contributed by atoms with van der Waals surface area (Å²) in [6.07, 6.45) is 0. The summed E-state index contributed by atoms with van der Waals surface area (Å²) in [5, 5.41) is 8.74. The van der Waals surface area contributed by atoms with E-state index in [1.807, 2.05) is 6.07 Å². The molecule has 0 aromatic heterocycles. The quantitative estimate of drug-likeness (QED) is 0.610. The van der Waals surface area contributed by atoms with Crippen LogP contribution in [0.1, 0.15) is 17.3 Å². The lowest BCUT2D eigenvalue weighted by molar-refractivity contribution is 0.0696. The van der Waals surface area contributed by atoms with Gasteiger partial charge in [0.05, 0.1) is 11.3 Å². The molecule has 0 radical (unpaired) electrons. The Morgan fingerprint density at radius 2 is 2.36 bits per heavy atom. The number of thioether (sulfide) groups is 1. The molecule has 0 saturated carbocycles. The van der Waals surface area contributed by atoms with Gasteiger partial charge in [-0.1, -0.05) is 12.0 Å². The maximum atomic E-state index is 10.6. The van der Waals surface area contributed by atoms with Crippen LogP contribution in [-0.4, -0.2) is 16.8 Å². The number of hydrogen-bond donors (Lipinski definition) is 1. The van der Waals surface area contributed by atoms with Gasteiger partial charge in [0.15, 0.2) is 0 Å². The molecule has 3 heteroatoms. The van der Waals surface area contributed by atoms with Crippen LogP contribution in [0.25, 0.3) is 0 Å². The second-order valence-corrected chi connectivity index (χ2v) is 3.60. The van der Waals surface area contributed by atoms with E-state index < -0.39 is 5.97 Å². The molecule has 0 fully saturated rings. The lowest BCUT2D eigenvalue weighted by atomic mass is 10.2. The van der Waals surface area contributed by atoms with E-state index in [0.717, 1.165) is 4.90 Å². The van der Waals surface area contributed by atoms with Gasteiger partial charge in [0.2, 0.25) is 0 Å². The van der Waals surface area contributed by atoms with Crippen LogP contribution in [0, 0.1) is 11.8 Å². The maximum absolute atomic E-state index is 10.6. The van der Waals surface area contributed by atoms with E-state index in [4.69, 9.17) is 5.11 Å². The number of benzene rings is 1. The molecule has 0 bridgehead atoms. The molecule has 0 unspecified atom stereocenters. The molecule has 0 aliphatic rings. The first-order chi connectivity index (χ1) is 6.74. The minimum absolute atomic E-state index is 0.319. The highest BCUT2D eigenvalue weighted by Gasteiger charge is 2.02. The smallest absolute Gasteiger partial charge is 0.335 e. The van der Waals surface area contributed by atoms with Crippen molar-refractivity contribution in [1.29, 1.82) is 0 Å². The monoisotopic (exact) mass is 206 g/mol. The van der Waals surface area contributed by atoms with Gasteiger partial charge < -0.3 is 5.11 Å². The number of hydrogen-bond acceptors (Lipinski definition) is 2. The summed E-state index contributed by atoms with van der Waals surface area (Å²) in [4.78, 5) is 11.6. The second kappa shape index (κ2) is 5.36. The molecule has 0 amide bonds. The molecule has 0 atom stereocenters. The summed E-state index contributed by atoms with van der Waals surface area (Å²) < 4.78 is 0. The topological polar surface area (TPSA) is 37.3 Å². The van der Waals surface area contributed by atoms with E-state index in [1.165, 1.54) is 11.8 Å². The van der Waals surface area contributed by atoms with Gasteiger partial charge in [-0.25, -0.2) is 4.79 Å². The summed E-state index contributed by atoms with van der Waals surface area (Å²) >= 11 is 1.54. The van der Waals surface area contributed by atoms with Crippen LogP contribution in [0.3, 0.4) is 0 Å². The van der Waals surface area contributed by atoms with Crippen molar-refractivity contribution in [2.24, 2.45) is 0 Å². The molecule has 0 heterocycles. The molecule has 1 rings (SSSR count). The number of carboxylic acids is 1. The van der Waals surface area contributed by atoms with E-state index in [9.17, 15) is 4.79 Å². The average Bonchev–Trinajstić information content (AvgIpc) is 2.19. The molecule has 1 aromatic rings. The van der Waals surface area contributed by atoms with Gasteiger partial charge in [0, 0.05) is 4.90 Å². The lowest BCUT2D eigenvalue weighted by Gasteiger charge is -1.98. The standard InChI is InChI=1S/C11H10O2S/c1-2-3-7-14-10-6-4-5-9(8-10)11(12)13/h4-6,8H,7H2,1H3,(H,12,13). The Morgan fingerprint density at radius 1 is 1.57 bits per heavy atom. The van der Waals surface area contributed by atoms with Crippen molar-refractivity contribution in [3.05, 3.63) is 29.8 Å². The van der Waals surface area contributed by atoms with Crippen molar-refractivity contribution in [1.82, 2.24) is 0 Å². The van der Waals surface area contributed by atoms with Gasteiger partial charge in [0.25, 0.3) is 0 Å². The molecule has 1 aromatic carbocycles. The highest BCUT2D eigenvalue weighted by Crippen LogP contribution is 2.18. The molecular weight excluding hydrogens is 196 g/mol. The molecular formula is C11H10O2S. The highest BCUT2D eigenvalue weighted by atomic mass is 32.2. The van der Waals surface area contributed by atoms with E-state index in [1.54, 1.807) is 25.1 Å². The van der Waals surface area contributed by atoms with Gasteiger partial charge >= 0.3 is 5.97 Å². The zero-order valence-electron chi connectivity index (χ0n) is 7.78. The SMILES string of the molecule is CC#CCSc1cccc(C(=O)O)c1. The van der Waals surface area contributed by atoms with E-state index in [0.29, 0.717) is 11.3 Å². The fraction of sp³-hybridized carbons (Fsp3) is 0.182. The highest BCUT2D eigenvalue weighted by molar-refractivity contribution is 7.99. The molecule has 1 N–H and O–H groups in total. The normalized spacial score (nSPS) is 8.93. The molecule has 0 spiro atoms. The Morgan fingerprint density at radius 3 is 3.00 bits per heavy atom. The molecule has 0 aliphatic heterocycles. The zero-order valence-corrected chi connectivity index (χ0v) is 8.60. The first-order valence-corrected chi connectivity index (χ1v) is 5.08. The average molecular weight is 206 g/mol. The predicted octanol–water partition coefficient (Wildman–Crippen LogP) is 2.50. The van der Waals surface area contributed by atoms with Crippen LogP contribution in [0.2, 0.25) is 0 Å². The Kier molecular flexibility index (Phi) is 4.09. The summed E-state index contributed by atoms with van der Waals surface area (Å²) in [5.74, 6) is 5.50. The minimum atomic E-state index is -0.894. The predicted molar refractivity (Wildman–Crippen MR) is 57.6 cm³/mol. The molecule has 72 valence electrons. The second-order valence-electron chi connectivity index (χ2n) is 2.55. The van der Waals surface area contributed by atoms with Crippen LogP contribution >= 0.6 is 11.8 Å². The van der Waals surface area contributed by atoms with E-state index in [-0.39, 0.29) is 0 Å². The third kappa shape index (κ3) is 3.15. The Bertz CT molecular complexity index is 388. The first-order valence-electron chi connectivity index (χ1n) is 4.10. The van der Waals surface area contributed by atoms with Crippen molar-refractivity contribution < 1.29 is 9.90 Å². The van der Waals surface area contributed by atoms with Gasteiger partial charge in [-0.05, 0) is 25.1 Å². The fourth-order valence-electron chi connectivity index (χ4n) is 0.910. The van der Waals surface area contributed by atoms with E-state index in [2.05, 4.69) is 11.8 Å². The minimum Gasteiger partial charge on any atom is -0.478 e. The summed E-state index contributed by atoms with van der Waals surface area (Å²) in [7, 11) is 0. The van der Waals surface area contributed by atoms with E-state index >= 15 is 0 Å². The summed E-state index contributed by atoms with van der Waals surface area (Å²) in [6.45, 7) is 1.79. The molecule has 0 saturated heterocycles. The van der Waals surface area contributed by atoms with Gasteiger partial charge in [0.1, 0.15) is 0 Å². The van der Waals surface area contributed by atoms with Gasteiger partial charge in [-0.3, -0.25) is 0 Å². The van der Waals surface area contributed by atoms with Crippen LogP contribution in [0.4, 0.5) is 0 Å². The number of rotatable bonds is 3. The maximum Gasteiger partial charge on any atom is 0.335 e. The number of carboxylic acid groups (broad SMARTS) is 1. The largest absolute Gasteiger partial charge is 0.478 e. The third-order valence-corrected chi connectivity index (χ3v) is 2.44. The van der Waals surface area contributed by atoms with Crippen LogP contribution in [-0.2, 0) is 0 Å². The van der Waals surface area contributed by atoms with Crippen LogP contribution < -0.4 is 0 Å². The summed E-state index contributed by atoms with van der Waals surface area (Å²) in [5.41, 5.74) is 0.319. The van der Waals surface area contributed by atoms with Crippen molar-refractivity contribution in [2.45, 2.75) is 11.8 Å². The van der Waals surface area contributed by atoms with Gasteiger partial charge in [-0.2, -0.15) is 0 Å². The van der Waals surface area contributed by atoms with Crippen molar-refractivity contribution in [3.63, 3.8) is 0 Å². The third-order valence-electron chi connectivity index (χ3n) is 1.57. The molecule has 0 aliphatic carbocycles. The fourth-order valence-corrected chi connectivity index (χ4v) is 1.68. The Hall–Kier alpha value is -1.40. The first kappa shape index (κ1) is 10.7. The number of aromatic carboxylic acids is 1. The molecule has 2 nitrogen and oxygen atoms in total. The van der Waals surface area contributed by atoms with Crippen LogP contribution in [0.15, 0.2) is 29.2 Å².